The average Bonchev–Trinajstić information content (AvgIpc) is 2.28. The van der Waals surface area contributed by atoms with Crippen LogP contribution in [-0.4, -0.2) is 17.6 Å². The predicted octanol–water partition coefficient (Wildman–Crippen LogP) is 2.21. The number of nitriles is 1. The summed E-state index contributed by atoms with van der Waals surface area (Å²) in [4.78, 5) is 14.4. The molecule has 17 heavy (non-hydrogen) atoms. The number of hydrogen-bond donors (Lipinski definition) is 0. The molecule has 0 aliphatic carbocycles. The Labute approximate surface area is 94.6 Å². The van der Waals surface area contributed by atoms with E-state index in [1.165, 1.54) is 13.0 Å². The fourth-order valence-electron chi connectivity index (χ4n) is 1.21. The van der Waals surface area contributed by atoms with Crippen LogP contribution in [0.1, 0.15) is 34.8 Å². The lowest BCUT2D eigenvalue weighted by atomic mass is 10.1. The summed E-state index contributed by atoms with van der Waals surface area (Å²) < 4.78 is 42.9. The number of nitrogens with zero attached hydrogens (tertiary/aromatic N) is 2. The molecule has 90 valence electrons. The largest absolute Gasteiger partial charge is 0.462 e. The van der Waals surface area contributed by atoms with Gasteiger partial charge in [0.05, 0.1) is 17.7 Å². The molecule has 0 saturated carbocycles. The fraction of sp³-hybridized carbons (Fsp3) is 0.300. The first-order valence-electron chi connectivity index (χ1n) is 4.56. The van der Waals surface area contributed by atoms with Gasteiger partial charge in [-0.05, 0) is 6.92 Å². The molecule has 0 spiro atoms. The zero-order valence-corrected chi connectivity index (χ0v) is 8.71. The third-order valence-electron chi connectivity index (χ3n) is 1.90. The lowest BCUT2D eigenvalue weighted by Crippen LogP contribution is -2.12. The highest BCUT2D eigenvalue weighted by Crippen LogP contribution is 2.27. The van der Waals surface area contributed by atoms with Crippen LogP contribution in [0.3, 0.4) is 0 Å². The monoisotopic (exact) mass is 244 g/mol. The maximum atomic E-state index is 13.0. The van der Waals surface area contributed by atoms with E-state index in [2.05, 4.69) is 9.72 Å². The van der Waals surface area contributed by atoms with Crippen LogP contribution in [-0.2, 0) is 4.74 Å². The molecule has 1 aromatic rings. The molecule has 0 fully saturated rings. The number of halogens is 3. The number of ether oxygens (including phenoxy) is 1. The van der Waals surface area contributed by atoms with Crippen LogP contribution >= 0.6 is 0 Å². The van der Waals surface area contributed by atoms with E-state index < -0.39 is 35.0 Å². The Balaban J connectivity index is 3.42. The van der Waals surface area contributed by atoms with Gasteiger partial charge in [-0.25, -0.2) is 18.6 Å². The molecule has 0 aromatic carbocycles. The molecule has 0 amide bonds. The van der Waals surface area contributed by atoms with Crippen molar-refractivity contribution in [1.82, 2.24) is 4.98 Å². The maximum Gasteiger partial charge on any atom is 0.340 e. The second-order valence-electron chi connectivity index (χ2n) is 2.88. The van der Waals surface area contributed by atoms with E-state index in [-0.39, 0.29) is 6.61 Å². The minimum atomic E-state index is -3.17. The van der Waals surface area contributed by atoms with Crippen LogP contribution in [0.15, 0.2) is 6.20 Å². The van der Waals surface area contributed by atoms with Crippen LogP contribution in [0.25, 0.3) is 0 Å². The van der Waals surface area contributed by atoms with Crippen molar-refractivity contribution < 1.29 is 22.7 Å². The van der Waals surface area contributed by atoms with Gasteiger partial charge in [0.2, 0.25) is 5.95 Å². The molecule has 0 saturated heterocycles. The molecule has 4 nitrogen and oxygen atoms in total. The van der Waals surface area contributed by atoms with Crippen molar-refractivity contribution in [2.45, 2.75) is 13.3 Å². The number of aromatic nitrogens is 1. The van der Waals surface area contributed by atoms with Crippen molar-refractivity contribution in [2.75, 3.05) is 6.61 Å². The number of rotatable bonds is 3. The Morgan fingerprint density at radius 3 is 2.76 bits per heavy atom. The highest BCUT2D eigenvalue weighted by atomic mass is 19.3. The van der Waals surface area contributed by atoms with Crippen molar-refractivity contribution >= 4 is 5.97 Å². The summed E-state index contributed by atoms with van der Waals surface area (Å²) in [5.41, 5.74) is -2.52. The molecular formula is C10H7F3N2O2. The van der Waals surface area contributed by atoms with E-state index in [9.17, 15) is 18.0 Å². The molecule has 0 aliphatic rings. The van der Waals surface area contributed by atoms with E-state index >= 15 is 0 Å². The molecule has 7 heteroatoms. The second-order valence-corrected chi connectivity index (χ2v) is 2.88. The highest BCUT2D eigenvalue weighted by molar-refractivity contribution is 5.91. The van der Waals surface area contributed by atoms with E-state index in [1.807, 2.05) is 0 Å². The first-order valence-corrected chi connectivity index (χ1v) is 4.56. The summed E-state index contributed by atoms with van der Waals surface area (Å²) in [6.45, 7) is 1.46. The predicted molar refractivity (Wildman–Crippen MR) is 49.8 cm³/mol. The van der Waals surface area contributed by atoms with Gasteiger partial charge >= 0.3 is 5.97 Å². The quantitative estimate of drug-likeness (QED) is 0.604. The topological polar surface area (TPSA) is 63.0 Å². The van der Waals surface area contributed by atoms with Gasteiger partial charge in [0, 0.05) is 6.20 Å². The molecule has 0 unspecified atom stereocenters. The van der Waals surface area contributed by atoms with E-state index in [0.29, 0.717) is 6.20 Å². The zero-order chi connectivity index (χ0) is 13.0. The van der Waals surface area contributed by atoms with Gasteiger partial charge < -0.3 is 4.74 Å². The van der Waals surface area contributed by atoms with Crippen LogP contribution in [0.4, 0.5) is 13.2 Å². The van der Waals surface area contributed by atoms with Gasteiger partial charge in [-0.15, -0.1) is 0 Å². The molecule has 1 rings (SSSR count). The second kappa shape index (κ2) is 5.30. The van der Waals surface area contributed by atoms with Crippen molar-refractivity contribution in [1.29, 1.82) is 5.26 Å². The third kappa shape index (κ3) is 2.53. The van der Waals surface area contributed by atoms with Gasteiger partial charge in [-0.3, -0.25) is 0 Å². The molecule has 0 atom stereocenters. The summed E-state index contributed by atoms with van der Waals surface area (Å²) >= 11 is 0. The Bertz CT molecular complexity index is 483. The summed E-state index contributed by atoms with van der Waals surface area (Å²) in [5.74, 6) is -2.40. The number of alkyl halides is 2. The molecule has 1 heterocycles. The van der Waals surface area contributed by atoms with Crippen LogP contribution in [0.5, 0.6) is 0 Å². The number of carbonyl (C=O) groups excluding carboxylic acids is 1. The summed E-state index contributed by atoms with van der Waals surface area (Å²) in [7, 11) is 0. The van der Waals surface area contributed by atoms with Crippen molar-refractivity contribution in [2.24, 2.45) is 0 Å². The van der Waals surface area contributed by atoms with Gasteiger partial charge in [-0.2, -0.15) is 9.65 Å². The summed E-state index contributed by atoms with van der Waals surface area (Å²) in [5, 5.41) is 8.57. The van der Waals surface area contributed by atoms with E-state index in [0.717, 1.165) is 0 Å². The van der Waals surface area contributed by atoms with Gasteiger partial charge in [0.25, 0.3) is 6.43 Å². The van der Waals surface area contributed by atoms with E-state index in [4.69, 9.17) is 5.26 Å². The molecule has 0 radical (unpaired) electrons. The Hall–Kier alpha value is -2.10. The Morgan fingerprint density at radius 1 is 1.65 bits per heavy atom. The van der Waals surface area contributed by atoms with Gasteiger partial charge in [0.15, 0.2) is 0 Å². The molecule has 1 aromatic heterocycles. The van der Waals surface area contributed by atoms with Crippen LogP contribution in [0.2, 0.25) is 0 Å². The molecule has 0 aliphatic heterocycles. The Kier molecular flexibility index (Phi) is 4.04. The standard InChI is InChI=1S/C10H7F3N2O2/c1-2-17-10(16)6-4-15-9(13)5(3-14)7(6)8(11)12/h4,8H,2H2,1H3. The third-order valence-corrected chi connectivity index (χ3v) is 1.90. The lowest BCUT2D eigenvalue weighted by molar-refractivity contribution is 0.0514. The minimum absolute atomic E-state index is 0.0270. The lowest BCUT2D eigenvalue weighted by Gasteiger charge is -2.09. The zero-order valence-electron chi connectivity index (χ0n) is 8.71. The maximum absolute atomic E-state index is 13.0. The minimum Gasteiger partial charge on any atom is -0.462 e. The number of hydrogen-bond acceptors (Lipinski definition) is 4. The van der Waals surface area contributed by atoms with Crippen molar-refractivity contribution in [3.63, 3.8) is 0 Å². The summed E-state index contributed by atoms with van der Waals surface area (Å²) in [6.07, 6.45) is -2.53. The van der Waals surface area contributed by atoms with Crippen LogP contribution < -0.4 is 0 Å². The SMILES string of the molecule is CCOC(=O)c1cnc(F)c(C#N)c1C(F)F. The Morgan fingerprint density at radius 2 is 2.29 bits per heavy atom. The first kappa shape index (κ1) is 13.0. The van der Waals surface area contributed by atoms with Gasteiger partial charge in [-0.1, -0.05) is 0 Å². The number of pyridine rings is 1. The smallest absolute Gasteiger partial charge is 0.340 e. The number of esters is 1. The molecule has 0 N–H and O–H groups in total. The van der Waals surface area contributed by atoms with Crippen molar-refractivity contribution in [3.05, 3.63) is 28.8 Å². The average molecular weight is 244 g/mol. The van der Waals surface area contributed by atoms with E-state index in [1.54, 1.807) is 0 Å². The molecular weight excluding hydrogens is 237 g/mol. The number of carbonyl (C=O) groups is 1. The van der Waals surface area contributed by atoms with Gasteiger partial charge in [0.1, 0.15) is 11.6 Å². The molecule has 0 bridgehead atoms. The fourth-order valence-corrected chi connectivity index (χ4v) is 1.21. The normalized spacial score (nSPS) is 10.1. The van der Waals surface area contributed by atoms with Crippen LogP contribution in [0, 0.1) is 17.3 Å². The summed E-state index contributed by atoms with van der Waals surface area (Å²) in [6, 6.07) is 1.26. The highest BCUT2D eigenvalue weighted by Gasteiger charge is 2.26. The van der Waals surface area contributed by atoms with Crippen molar-refractivity contribution in [3.8, 4) is 6.07 Å². The first-order chi connectivity index (χ1) is 8.02.